The molecule has 2 aromatic carbocycles. The van der Waals surface area contributed by atoms with Crippen molar-refractivity contribution in [3.8, 4) is 0 Å². The highest BCUT2D eigenvalue weighted by molar-refractivity contribution is 5.19. The molecular weight excluding hydrogens is 308 g/mol. The predicted octanol–water partition coefficient (Wildman–Crippen LogP) is 5.70. The first-order valence-electron chi connectivity index (χ1n) is 8.96. The lowest BCUT2D eigenvalue weighted by Gasteiger charge is -2.10. The summed E-state index contributed by atoms with van der Waals surface area (Å²) in [6, 6.07) is 20.8. The largest absolute Gasteiger partial charge is 0.497 e. The lowest BCUT2D eigenvalue weighted by molar-refractivity contribution is 0.182. The quantitative estimate of drug-likeness (QED) is 0.297. The summed E-state index contributed by atoms with van der Waals surface area (Å²) in [5, 5.41) is 0. The van der Waals surface area contributed by atoms with Crippen LogP contribution in [0, 0.1) is 0 Å². The Kier molecular flexibility index (Phi) is 8.40. The summed E-state index contributed by atoms with van der Waals surface area (Å²) >= 11 is 0. The van der Waals surface area contributed by atoms with Crippen molar-refractivity contribution in [3.05, 3.63) is 96.0 Å². The first kappa shape index (κ1) is 18.9. The Bertz CT molecular complexity index is 644. The van der Waals surface area contributed by atoms with Crippen LogP contribution in [-0.4, -0.2) is 13.2 Å². The Morgan fingerprint density at radius 1 is 0.920 bits per heavy atom. The third kappa shape index (κ3) is 7.75. The van der Waals surface area contributed by atoms with Gasteiger partial charge in [-0.25, -0.2) is 0 Å². The molecule has 0 aliphatic rings. The standard InChI is InChI=1S/C23H28O2/c1-3-25-23(18-22-12-8-5-9-13-22)19-24-17-16-20(2)14-15-21-10-6-4-7-11-21/h4-13,19H,2-3,14-18H2,1H3/b23-19-. The van der Waals surface area contributed by atoms with Crippen LogP contribution in [0.25, 0.3) is 0 Å². The minimum atomic E-state index is 0.638. The molecule has 0 saturated carbocycles. The van der Waals surface area contributed by atoms with E-state index < -0.39 is 0 Å². The molecule has 0 amide bonds. The summed E-state index contributed by atoms with van der Waals surface area (Å²) in [5.74, 6) is 0.864. The van der Waals surface area contributed by atoms with Gasteiger partial charge in [0.15, 0.2) is 0 Å². The summed E-state index contributed by atoms with van der Waals surface area (Å²) in [6.07, 6.45) is 5.41. The molecule has 0 atom stereocenters. The molecule has 0 aromatic heterocycles. The van der Waals surface area contributed by atoms with E-state index in [4.69, 9.17) is 9.47 Å². The first-order valence-corrected chi connectivity index (χ1v) is 8.96. The van der Waals surface area contributed by atoms with E-state index in [0.29, 0.717) is 13.2 Å². The zero-order chi connectivity index (χ0) is 17.7. The second kappa shape index (κ2) is 11.1. The third-order valence-corrected chi connectivity index (χ3v) is 3.95. The molecule has 2 nitrogen and oxygen atoms in total. The Morgan fingerprint density at radius 2 is 1.56 bits per heavy atom. The van der Waals surface area contributed by atoms with E-state index >= 15 is 0 Å². The van der Waals surface area contributed by atoms with Gasteiger partial charge in [-0.3, -0.25) is 0 Å². The molecule has 0 N–H and O–H groups in total. The smallest absolute Gasteiger partial charge is 0.135 e. The van der Waals surface area contributed by atoms with Gasteiger partial charge in [0.2, 0.25) is 0 Å². The zero-order valence-electron chi connectivity index (χ0n) is 15.1. The van der Waals surface area contributed by atoms with Crippen molar-refractivity contribution >= 4 is 0 Å². The molecule has 0 fully saturated rings. The maximum atomic E-state index is 5.70. The Morgan fingerprint density at radius 3 is 2.20 bits per heavy atom. The zero-order valence-corrected chi connectivity index (χ0v) is 15.1. The monoisotopic (exact) mass is 336 g/mol. The van der Waals surface area contributed by atoms with Crippen LogP contribution in [0.15, 0.2) is 84.8 Å². The number of benzene rings is 2. The van der Waals surface area contributed by atoms with Crippen molar-refractivity contribution in [1.29, 1.82) is 0 Å². The summed E-state index contributed by atoms with van der Waals surface area (Å²) in [7, 11) is 0. The van der Waals surface area contributed by atoms with Crippen LogP contribution >= 0.6 is 0 Å². The minimum Gasteiger partial charge on any atom is -0.497 e. The average Bonchev–Trinajstić information content (AvgIpc) is 2.65. The van der Waals surface area contributed by atoms with Gasteiger partial charge in [-0.1, -0.05) is 72.8 Å². The Hall–Kier alpha value is -2.48. The summed E-state index contributed by atoms with van der Waals surface area (Å²) in [6.45, 7) is 7.43. The molecule has 0 unspecified atom stereocenters. The third-order valence-electron chi connectivity index (χ3n) is 3.95. The second-order valence-corrected chi connectivity index (χ2v) is 6.04. The summed E-state index contributed by atoms with van der Waals surface area (Å²) in [4.78, 5) is 0. The van der Waals surface area contributed by atoms with Crippen molar-refractivity contribution in [2.45, 2.75) is 32.6 Å². The molecule has 0 bridgehead atoms. The van der Waals surface area contributed by atoms with Gasteiger partial charge in [-0.15, -0.1) is 0 Å². The van der Waals surface area contributed by atoms with Gasteiger partial charge >= 0.3 is 0 Å². The number of hydrogen-bond acceptors (Lipinski definition) is 2. The van der Waals surface area contributed by atoms with E-state index in [9.17, 15) is 0 Å². The number of rotatable bonds is 11. The highest BCUT2D eigenvalue weighted by atomic mass is 16.5. The van der Waals surface area contributed by atoms with Crippen molar-refractivity contribution in [3.63, 3.8) is 0 Å². The van der Waals surface area contributed by atoms with Crippen LogP contribution < -0.4 is 0 Å². The molecule has 132 valence electrons. The molecule has 0 radical (unpaired) electrons. The number of aryl methyl sites for hydroxylation is 1. The molecule has 2 rings (SSSR count). The van der Waals surface area contributed by atoms with Crippen molar-refractivity contribution in [2.24, 2.45) is 0 Å². The molecule has 0 heterocycles. The van der Waals surface area contributed by atoms with E-state index in [1.807, 2.05) is 31.2 Å². The summed E-state index contributed by atoms with van der Waals surface area (Å²) in [5.41, 5.74) is 3.79. The van der Waals surface area contributed by atoms with Crippen LogP contribution in [0.4, 0.5) is 0 Å². The van der Waals surface area contributed by atoms with E-state index in [1.165, 1.54) is 16.7 Å². The van der Waals surface area contributed by atoms with Gasteiger partial charge in [0.05, 0.1) is 13.2 Å². The second-order valence-electron chi connectivity index (χ2n) is 6.04. The normalized spacial score (nSPS) is 11.2. The number of allylic oxidation sites excluding steroid dienone is 1. The Labute approximate surface area is 151 Å². The number of hydrogen-bond donors (Lipinski definition) is 0. The predicted molar refractivity (Wildman–Crippen MR) is 104 cm³/mol. The van der Waals surface area contributed by atoms with Gasteiger partial charge in [0.1, 0.15) is 12.0 Å². The highest BCUT2D eigenvalue weighted by Crippen LogP contribution is 2.12. The van der Waals surface area contributed by atoms with Crippen LogP contribution in [0.2, 0.25) is 0 Å². The van der Waals surface area contributed by atoms with Crippen molar-refractivity contribution in [1.82, 2.24) is 0 Å². The van der Waals surface area contributed by atoms with E-state index in [2.05, 4.69) is 43.0 Å². The van der Waals surface area contributed by atoms with Crippen LogP contribution in [0.3, 0.4) is 0 Å². The fourth-order valence-corrected chi connectivity index (χ4v) is 2.56. The van der Waals surface area contributed by atoms with Gasteiger partial charge in [-0.05, 0) is 30.9 Å². The highest BCUT2D eigenvalue weighted by Gasteiger charge is 2.02. The first-order chi connectivity index (χ1) is 12.3. The average molecular weight is 336 g/mol. The maximum absolute atomic E-state index is 5.70. The molecule has 25 heavy (non-hydrogen) atoms. The van der Waals surface area contributed by atoms with Crippen LogP contribution in [0.1, 0.15) is 30.9 Å². The topological polar surface area (TPSA) is 18.5 Å². The SMILES string of the molecule is C=C(CCO/C=C(/Cc1ccccc1)OCC)CCc1ccccc1. The van der Waals surface area contributed by atoms with Crippen molar-refractivity contribution < 1.29 is 9.47 Å². The van der Waals surface area contributed by atoms with Crippen LogP contribution in [0.5, 0.6) is 0 Å². The Balaban J connectivity index is 1.71. The summed E-state index contributed by atoms with van der Waals surface area (Å²) < 4.78 is 11.4. The fourth-order valence-electron chi connectivity index (χ4n) is 2.56. The van der Waals surface area contributed by atoms with E-state index in [-0.39, 0.29) is 0 Å². The van der Waals surface area contributed by atoms with Gasteiger partial charge in [-0.2, -0.15) is 0 Å². The van der Waals surface area contributed by atoms with Crippen LogP contribution in [-0.2, 0) is 22.3 Å². The fraction of sp³-hybridized carbons (Fsp3) is 0.304. The van der Waals surface area contributed by atoms with E-state index in [1.54, 1.807) is 6.26 Å². The molecular formula is C23H28O2. The maximum Gasteiger partial charge on any atom is 0.135 e. The lowest BCUT2D eigenvalue weighted by atomic mass is 10.0. The van der Waals surface area contributed by atoms with E-state index in [0.717, 1.165) is 31.4 Å². The van der Waals surface area contributed by atoms with Gasteiger partial charge in [0.25, 0.3) is 0 Å². The molecule has 0 spiro atoms. The van der Waals surface area contributed by atoms with Gasteiger partial charge < -0.3 is 9.47 Å². The molecule has 0 aliphatic heterocycles. The molecule has 2 heteroatoms. The molecule has 2 aromatic rings. The minimum absolute atomic E-state index is 0.638. The molecule has 0 aliphatic carbocycles. The van der Waals surface area contributed by atoms with Crippen molar-refractivity contribution in [2.75, 3.05) is 13.2 Å². The lowest BCUT2D eigenvalue weighted by Crippen LogP contribution is -1.99. The number of ether oxygens (including phenoxy) is 2. The van der Waals surface area contributed by atoms with Gasteiger partial charge in [0, 0.05) is 12.8 Å². The molecule has 0 saturated heterocycles.